The maximum absolute atomic E-state index is 11.9. The molecule has 2 aromatic carbocycles. The maximum atomic E-state index is 11.9. The molecule has 0 bridgehead atoms. The minimum Gasteiger partial charge on any atom is -0.493 e. The number of hydrogen-bond acceptors (Lipinski definition) is 5. The second-order valence-corrected chi connectivity index (χ2v) is 11.3. The van der Waals surface area contributed by atoms with E-state index in [0.29, 0.717) is 19.0 Å². The third kappa shape index (κ3) is 6.64. The molecule has 1 fully saturated rings. The second-order valence-electron chi connectivity index (χ2n) is 11.3. The van der Waals surface area contributed by atoms with Crippen molar-refractivity contribution >= 4 is 16.9 Å². The highest BCUT2D eigenvalue weighted by atomic mass is 16.5. The molecule has 2 N–H and O–H groups in total. The Morgan fingerprint density at radius 2 is 1.75 bits per heavy atom. The third-order valence-electron chi connectivity index (χ3n) is 8.46. The lowest BCUT2D eigenvalue weighted by atomic mass is 9.91. The number of nitrogens with one attached hydrogen (secondary N) is 1. The highest BCUT2D eigenvalue weighted by Crippen LogP contribution is 2.41. The largest absolute Gasteiger partial charge is 0.493 e. The predicted octanol–water partition coefficient (Wildman–Crippen LogP) is 7.42. The molecule has 0 radical (unpaired) electrons. The van der Waals surface area contributed by atoms with Gasteiger partial charge in [0.25, 0.3) is 0 Å². The summed E-state index contributed by atoms with van der Waals surface area (Å²) in [5, 5.41) is 10.9. The van der Waals surface area contributed by atoms with E-state index in [9.17, 15) is 9.90 Å². The molecule has 0 unspecified atom stereocenters. The number of ether oxygens (including phenoxy) is 3. The SMILES string of the molecule is CCO[C@H]1CCN2Cc3c(cc(C)c4[nH]ccc34)OCCCCCCCCCOc3cc(C(=O)O)ccc3[C@@H]2C1. The predicted molar refractivity (Wildman–Crippen MR) is 158 cm³/mol. The van der Waals surface area contributed by atoms with Gasteiger partial charge in [-0.1, -0.05) is 38.2 Å². The molecule has 1 saturated heterocycles. The van der Waals surface area contributed by atoms with Crippen molar-refractivity contribution in [2.45, 2.75) is 90.3 Å². The Labute approximate surface area is 237 Å². The number of benzene rings is 2. The summed E-state index contributed by atoms with van der Waals surface area (Å²) in [6, 6.07) is 9.76. The molecule has 7 nitrogen and oxygen atoms in total. The molecule has 5 rings (SSSR count). The van der Waals surface area contributed by atoms with Crippen LogP contribution in [0.2, 0.25) is 0 Å². The molecular weight excluding hydrogens is 504 g/mol. The van der Waals surface area contributed by atoms with Crippen molar-refractivity contribution in [3.05, 3.63) is 58.8 Å². The summed E-state index contributed by atoms with van der Waals surface area (Å²) in [5.41, 5.74) is 4.84. The van der Waals surface area contributed by atoms with E-state index in [0.717, 1.165) is 68.6 Å². The van der Waals surface area contributed by atoms with Crippen LogP contribution in [0, 0.1) is 6.92 Å². The van der Waals surface area contributed by atoms with Crippen molar-refractivity contribution in [1.29, 1.82) is 0 Å². The van der Waals surface area contributed by atoms with E-state index in [1.165, 1.54) is 42.2 Å². The molecule has 0 aliphatic carbocycles. The Bertz CT molecular complexity index is 1290. The topological polar surface area (TPSA) is 84.0 Å². The molecule has 7 heteroatoms. The summed E-state index contributed by atoms with van der Waals surface area (Å²) in [6.07, 6.45) is 11.9. The summed E-state index contributed by atoms with van der Waals surface area (Å²) in [5.74, 6) is 0.712. The minimum atomic E-state index is -0.935. The van der Waals surface area contributed by atoms with Gasteiger partial charge >= 0.3 is 5.97 Å². The zero-order chi connectivity index (χ0) is 27.9. The number of H-pyrrole nitrogens is 1. The molecule has 0 saturated carbocycles. The zero-order valence-corrected chi connectivity index (χ0v) is 24.0. The number of carbonyl (C=O) groups is 1. The number of carboxylic acid groups (broad SMARTS) is 1. The van der Waals surface area contributed by atoms with Crippen LogP contribution in [0.1, 0.15) is 97.8 Å². The quantitative estimate of drug-likeness (QED) is 0.354. The molecular formula is C33H44N2O5. The van der Waals surface area contributed by atoms with Crippen LogP contribution in [-0.2, 0) is 11.3 Å². The van der Waals surface area contributed by atoms with Crippen LogP contribution in [-0.4, -0.2) is 53.4 Å². The first-order valence-corrected chi connectivity index (χ1v) is 15.1. The fourth-order valence-electron chi connectivity index (χ4n) is 6.33. The van der Waals surface area contributed by atoms with Gasteiger partial charge in [0.2, 0.25) is 0 Å². The van der Waals surface area contributed by atoms with Crippen LogP contribution < -0.4 is 9.47 Å². The number of aromatic carboxylic acids is 1. The number of hydrogen-bond donors (Lipinski definition) is 2. The Hall–Kier alpha value is -3.03. The van der Waals surface area contributed by atoms with Crippen LogP contribution >= 0.6 is 0 Å². The Morgan fingerprint density at radius 1 is 1.02 bits per heavy atom. The van der Waals surface area contributed by atoms with Gasteiger partial charge in [-0.2, -0.15) is 0 Å². The van der Waals surface area contributed by atoms with E-state index in [1.807, 2.05) is 19.2 Å². The van der Waals surface area contributed by atoms with E-state index in [1.54, 1.807) is 12.1 Å². The molecule has 40 heavy (non-hydrogen) atoms. The molecule has 216 valence electrons. The average Bonchev–Trinajstić information content (AvgIpc) is 3.45. The van der Waals surface area contributed by atoms with E-state index >= 15 is 0 Å². The highest BCUT2D eigenvalue weighted by molar-refractivity contribution is 5.89. The fourth-order valence-corrected chi connectivity index (χ4v) is 6.33. The standard InChI is InChI=1S/C33H44N2O5/c1-3-38-25-14-16-35-22-28-26-13-15-34-32(26)23(2)19-30(28)39-17-9-7-5-4-6-8-10-18-40-31-20-24(33(36)37)11-12-27(31)29(35)21-25/h11-13,15,19-20,25,29,34H,3-10,14,16-18,21-22H2,1-2H3,(H,36,37)/t25-,29-/m0/s1. The maximum Gasteiger partial charge on any atom is 0.335 e. The van der Waals surface area contributed by atoms with Gasteiger partial charge in [-0.15, -0.1) is 0 Å². The molecule has 2 atom stereocenters. The van der Waals surface area contributed by atoms with Gasteiger partial charge in [0.15, 0.2) is 0 Å². The monoisotopic (exact) mass is 548 g/mol. The Balaban J connectivity index is 1.55. The van der Waals surface area contributed by atoms with Gasteiger partial charge < -0.3 is 24.3 Å². The second kappa shape index (κ2) is 13.6. The van der Waals surface area contributed by atoms with Gasteiger partial charge in [0.05, 0.1) is 24.9 Å². The lowest BCUT2D eigenvalue weighted by molar-refractivity contribution is -0.0144. The number of nitrogens with zero attached hydrogens (tertiary/aromatic N) is 1. The van der Waals surface area contributed by atoms with Crippen LogP contribution in [0.25, 0.3) is 10.9 Å². The smallest absolute Gasteiger partial charge is 0.335 e. The van der Waals surface area contributed by atoms with Gasteiger partial charge in [-0.3, -0.25) is 4.90 Å². The summed E-state index contributed by atoms with van der Waals surface area (Å²) in [7, 11) is 0. The average molecular weight is 549 g/mol. The normalized spacial score (nSPS) is 21.6. The van der Waals surface area contributed by atoms with Crippen molar-refractivity contribution in [2.24, 2.45) is 0 Å². The first-order valence-electron chi connectivity index (χ1n) is 15.1. The van der Waals surface area contributed by atoms with Gasteiger partial charge in [0, 0.05) is 54.0 Å². The number of fused-ring (bicyclic) bond motifs is 6. The summed E-state index contributed by atoms with van der Waals surface area (Å²) in [4.78, 5) is 17.8. The number of aryl methyl sites for hydroxylation is 1. The number of aromatic amines is 1. The number of piperidine rings is 1. The molecule has 2 aliphatic rings. The van der Waals surface area contributed by atoms with Crippen LogP contribution in [0.5, 0.6) is 11.5 Å². The highest BCUT2D eigenvalue weighted by Gasteiger charge is 2.33. The number of aromatic nitrogens is 1. The van der Waals surface area contributed by atoms with Crippen molar-refractivity contribution in [3.8, 4) is 11.5 Å². The third-order valence-corrected chi connectivity index (χ3v) is 8.46. The van der Waals surface area contributed by atoms with Crippen molar-refractivity contribution in [1.82, 2.24) is 9.88 Å². The first-order chi connectivity index (χ1) is 19.5. The molecule has 2 aliphatic heterocycles. The first kappa shape index (κ1) is 28.5. The minimum absolute atomic E-state index is 0.0326. The van der Waals surface area contributed by atoms with Crippen molar-refractivity contribution in [3.63, 3.8) is 0 Å². The summed E-state index contributed by atoms with van der Waals surface area (Å²) < 4.78 is 19.0. The van der Waals surface area contributed by atoms with Crippen LogP contribution in [0.15, 0.2) is 36.5 Å². The van der Waals surface area contributed by atoms with E-state index in [2.05, 4.69) is 28.9 Å². The van der Waals surface area contributed by atoms with Gasteiger partial charge in [-0.25, -0.2) is 4.79 Å². The lowest BCUT2D eigenvalue weighted by Crippen LogP contribution is -2.39. The molecule has 3 heterocycles. The zero-order valence-electron chi connectivity index (χ0n) is 24.0. The molecule has 3 aromatic rings. The number of carboxylic acids is 1. The van der Waals surface area contributed by atoms with E-state index in [-0.39, 0.29) is 17.7 Å². The summed E-state index contributed by atoms with van der Waals surface area (Å²) in [6.45, 7) is 7.79. The van der Waals surface area contributed by atoms with Gasteiger partial charge in [-0.05, 0) is 69.4 Å². The molecule has 1 aromatic heterocycles. The Morgan fingerprint density at radius 3 is 2.48 bits per heavy atom. The van der Waals surface area contributed by atoms with E-state index < -0.39 is 5.97 Å². The fraction of sp³-hybridized carbons (Fsp3) is 0.545. The molecule has 0 amide bonds. The Kier molecular flexibility index (Phi) is 9.66. The van der Waals surface area contributed by atoms with Crippen LogP contribution in [0.3, 0.4) is 0 Å². The van der Waals surface area contributed by atoms with E-state index in [4.69, 9.17) is 14.2 Å². The van der Waals surface area contributed by atoms with Crippen molar-refractivity contribution < 1.29 is 24.1 Å². The lowest BCUT2D eigenvalue weighted by Gasteiger charge is -2.40. The number of rotatable bonds is 3. The van der Waals surface area contributed by atoms with Crippen molar-refractivity contribution in [2.75, 3.05) is 26.4 Å². The summed E-state index contributed by atoms with van der Waals surface area (Å²) >= 11 is 0. The molecule has 0 spiro atoms. The van der Waals surface area contributed by atoms with Crippen LogP contribution in [0.4, 0.5) is 0 Å². The van der Waals surface area contributed by atoms with Gasteiger partial charge in [0.1, 0.15) is 11.5 Å².